The molecular weight excluding hydrogens is 367 g/mol. The minimum absolute atomic E-state index is 0.696. The molecule has 0 spiro atoms. The van der Waals surface area contributed by atoms with Crippen molar-refractivity contribution in [1.29, 1.82) is 0 Å². The van der Waals surface area contributed by atoms with Crippen LogP contribution in [0.25, 0.3) is 11.1 Å². The van der Waals surface area contributed by atoms with E-state index in [-0.39, 0.29) is 0 Å². The Kier molecular flexibility index (Phi) is 5.86. The molecule has 4 rings (SSSR count). The van der Waals surface area contributed by atoms with Crippen LogP contribution in [0.3, 0.4) is 0 Å². The lowest BCUT2D eigenvalue weighted by Gasteiger charge is -2.19. The van der Waals surface area contributed by atoms with Gasteiger partial charge in [0.15, 0.2) is 0 Å². The molecule has 0 atom stereocenters. The van der Waals surface area contributed by atoms with E-state index in [4.69, 9.17) is 13.6 Å². The highest BCUT2D eigenvalue weighted by molar-refractivity contribution is 7.43. The lowest BCUT2D eigenvalue weighted by Crippen LogP contribution is -2.03. The molecule has 0 heterocycles. The first-order valence-corrected chi connectivity index (χ1v) is 10.1. The third-order valence-electron chi connectivity index (χ3n) is 3.99. The van der Waals surface area contributed by atoms with Crippen molar-refractivity contribution in [3.05, 3.63) is 115 Å². The van der Waals surface area contributed by atoms with Crippen molar-refractivity contribution in [2.45, 2.75) is 0 Å². The van der Waals surface area contributed by atoms with Crippen LogP contribution in [0.1, 0.15) is 0 Å². The molecule has 138 valence electrons. The molecule has 0 saturated carbocycles. The molecule has 0 aliphatic carbocycles. The van der Waals surface area contributed by atoms with Gasteiger partial charge in [-0.15, -0.1) is 0 Å². The molecule has 0 saturated heterocycles. The highest BCUT2D eigenvalue weighted by Crippen LogP contribution is 2.44. The lowest BCUT2D eigenvalue weighted by atomic mass is 10.1. The van der Waals surface area contributed by atoms with Crippen LogP contribution in [0.5, 0.6) is 17.2 Å². The molecule has 3 nitrogen and oxygen atoms in total. The molecule has 4 aromatic rings. The van der Waals surface area contributed by atoms with E-state index in [2.05, 4.69) is 12.1 Å². The SMILES string of the molecule is c1ccc(OP(Oc2ccccc2)Oc2ccccc2-c2ccccc2)cc1. The second-order valence-electron chi connectivity index (χ2n) is 5.99. The molecular formula is C24H19O3P. The van der Waals surface area contributed by atoms with Crippen molar-refractivity contribution in [3.63, 3.8) is 0 Å². The Morgan fingerprint density at radius 1 is 0.429 bits per heavy atom. The summed E-state index contributed by atoms with van der Waals surface area (Å²) in [5, 5.41) is 0. The average molecular weight is 386 g/mol. The number of para-hydroxylation sites is 3. The number of benzene rings is 4. The average Bonchev–Trinajstić information content (AvgIpc) is 2.76. The molecule has 0 radical (unpaired) electrons. The van der Waals surface area contributed by atoms with Gasteiger partial charge >= 0.3 is 8.60 Å². The predicted molar refractivity (Wildman–Crippen MR) is 114 cm³/mol. The third-order valence-corrected chi connectivity index (χ3v) is 5.06. The van der Waals surface area contributed by atoms with Gasteiger partial charge < -0.3 is 13.6 Å². The molecule has 4 aromatic carbocycles. The monoisotopic (exact) mass is 386 g/mol. The standard InChI is InChI=1S/C24H19O3P/c1-4-12-20(13-5-1)23-18-10-11-19-24(23)27-28(25-21-14-6-2-7-15-21)26-22-16-8-3-9-17-22/h1-19H. The summed E-state index contributed by atoms with van der Waals surface area (Å²) in [6.07, 6.45) is 0. The van der Waals surface area contributed by atoms with Gasteiger partial charge in [0.25, 0.3) is 0 Å². The molecule has 0 aliphatic heterocycles. The second-order valence-corrected chi connectivity index (χ2v) is 6.98. The Morgan fingerprint density at radius 2 is 0.893 bits per heavy atom. The van der Waals surface area contributed by atoms with Gasteiger partial charge in [-0.05, 0) is 35.9 Å². The van der Waals surface area contributed by atoms with Gasteiger partial charge in [0.1, 0.15) is 17.2 Å². The number of hydrogen-bond acceptors (Lipinski definition) is 3. The number of hydrogen-bond donors (Lipinski definition) is 0. The topological polar surface area (TPSA) is 27.7 Å². The fourth-order valence-electron chi connectivity index (χ4n) is 2.67. The normalized spacial score (nSPS) is 10.5. The van der Waals surface area contributed by atoms with Crippen LogP contribution < -0.4 is 13.6 Å². The van der Waals surface area contributed by atoms with E-state index in [1.165, 1.54) is 0 Å². The maximum atomic E-state index is 6.23. The van der Waals surface area contributed by atoms with Crippen LogP contribution in [0.4, 0.5) is 0 Å². The van der Waals surface area contributed by atoms with E-state index >= 15 is 0 Å². The molecule has 4 heteroatoms. The summed E-state index contributed by atoms with van der Waals surface area (Å²) in [6, 6.07) is 37.1. The lowest BCUT2D eigenvalue weighted by molar-refractivity contribution is 0.389. The Bertz CT molecular complexity index is 950. The molecule has 0 N–H and O–H groups in total. The summed E-state index contributed by atoms with van der Waals surface area (Å²) < 4.78 is 18.3. The quantitative estimate of drug-likeness (QED) is 0.317. The van der Waals surface area contributed by atoms with Gasteiger partial charge in [0.2, 0.25) is 0 Å². The largest absolute Gasteiger partial charge is 0.530 e. The zero-order valence-electron chi connectivity index (χ0n) is 15.1. The van der Waals surface area contributed by atoms with Gasteiger partial charge in [-0.25, -0.2) is 0 Å². The molecule has 28 heavy (non-hydrogen) atoms. The van der Waals surface area contributed by atoms with E-state index in [0.29, 0.717) is 17.2 Å². The summed E-state index contributed by atoms with van der Waals surface area (Å²) in [6.45, 7) is 0. The number of rotatable bonds is 7. The van der Waals surface area contributed by atoms with Crippen molar-refractivity contribution in [2.75, 3.05) is 0 Å². The zero-order valence-corrected chi connectivity index (χ0v) is 16.0. The fraction of sp³-hybridized carbons (Fsp3) is 0. The minimum atomic E-state index is -1.70. The van der Waals surface area contributed by atoms with Gasteiger partial charge in [0.05, 0.1) is 0 Å². The Hall–Kier alpha value is -3.29. The van der Waals surface area contributed by atoms with Crippen LogP contribution in [0, 0.1) is 0 Å². The summed E-state index contributed by atoms with van der Waals surface area (Å²) >= 11 is 0. The van der Waals surface area contributed by atoms with E-state index in [9.17, 15) is 0 Å². The molecule has 0 bridgehead atoms. The highest BCUT2D eigenvalue weighted by atomic mass is 31.2. The Balaban J connectivity index is 1.62. The Labute approximate surface area is 166 Å². The minimum Gasteiger partial charge on any atom is -0.409 e. The summed E-state index contributed by atoms with van der Waals surface area (Å²) in [4.78, 5) is 0. The zero-order chi connectivity index (χ0) is 19.0. The molecule has 0 amide bonds. The molecule has 0 aliphatic rings. The van der Waals surface area contributed by atoms with E-state index in [1.807, 2.05) is 103 Å². The first kappa shape index (κ1) is 18.1. The fourth-order valence-corrected chi connectivity index (χ4v) is 3.69. The van der Waals surface area contributed by atoms with E-state index in [0.717, 1.165) is 11.1 Å². The molecule has 0 aromatic heterocycles. The van der Waals surface area contributed by atoms with Gasteiger partial charge in [-0.1, -0.05) is 84.9 Å². The predicted octanol–water partition coefficient (Wildman–Crippen LogP) is 7.12. The second kappa shape index (κ2) is 9.07. The summed E-state index contributed by atoms with van der Waals surface area (Å²) in [5.41, 5.74) is 2.07. The van der Waals surface area contributed by atoms with Crippen LogP contribution in [0.2, 0.25) is 0 Å². The first-order valence-electron chi connectivity index (χ1n) is 8.97. The molecule has 0 fully saturated rings. The van der Waals surface area contributed by atoms with Crippen molar-refractivity contribution < 1.29 is 13.6 Å². The first-order chi connectivity index (χ1) is 13.9. The van der Waals surface area contributed by atoms with E-state index < -0.39 is 8.60 Å². The van der Waals surface area contributed by atoms with Crippen LogP contribution in [-0.2, 0) is 0 Å². The smallest absolute Gasteiger partial charge is 0.409 e. The Morgan fingerprint density at radius 3 is 1.46 bits per heavy atom. The molecule has 0 unspecified atom stereocenters. The van der Waals surface area contributed by atoms with E-state index in [1.54, 1.807) is 0 Å². The van der Waals surface area contributed by atoms with Crippen molar-refractivity contribution >= 4 is 8.60 Å². The van der Waals surface area contributed by atoms with Crippen LogP contribution >= 0.6 is 8.60 Å². The van der Waals surface area contributed by atoms with Crippen molar-refractivity contribution in [1.82, 2.24) is 0 Å². The highest BCUT2D eigenvalue weighted by Gasteiger charge is 2.21. The third kappa shape index (κ3) is 4.70. The van der Waals surface area contributed by atoms with Gasteiger partial charge in [-0.2, -0.15) is 0 Å². The van der Waals surface area contributed by atoms with Crippen molar-refractivity contribution in [3.8, 4) is 28.4 Å². The van der Waals surface area contributed by atoms with Gasteiger partial charge in [-0.3, -0.25) is 0 Å². The summed E-state index contributed by atoms with van der Waals surface area (Å²) in [7, 11) is -1.70. The van der Waals surface area contributed by atoms with Crippen LogP contribution in [-0.4, -0.2) is 0 Å². The van der Waals surface area contributed by atoms with Gasteiger partial charge in [0, 0.05) is 5.56 Å². The van der Waals surface area contributed by atoms with Crippen LogP contribution in [0.15, 0.2) is 115 Å². The maximum Gasteiger partial charge on any atom is 0.530 e. The maximum absolute atomic E-state index is 6.23. The van der Waals surface area contributed by atoms with Crippen molar-refractivity contribution in [2.24, 2.45) is 0 Å². The summed E-state index contributed by atoms with van der Waals surface area (Å²) in [5.74, 6) is 2.11.